The first-order valence-corrected chi connectivity index (χ1v) is 4.58. The Balaban J connectivity index is 2.84. The molecule has 0 saturated heterocycles. The van der Waals surface area contributed by atoms with Crippen molar-refractivity contribution in [2.45, 2.75) is 0 Å². The number of aromatic nitrogens is 2. The SMILES string of the molecule is CNc1nnc([Se])[se]1. The molecule has 0 aliphatic rings. The van der Waals surface area contributed by atoms with Crippen LogP contribution in [0, 0.1) is 0 Å². The topological polar surface area (TPSA) is 37.8 Å². The van der Waals surface area contributed by atoms with Gasteiger partial charge in [0.05, 0.1) is 0 Å². The molecule has 0 atom stereocenters. The molecule has 0 aliphatic heterocycles. The molecular weight excluding hydrogens is 236 g/mol. The van der Waals surface area contributed by atoms with E-state index in [1.807, 2.05) is 7.05 Å². The van der Waals surface area contributed by atoms with Crippen LogP contribution in [0.5, 0.6) is 0 Å². The summed E-state index contributed by atoms with van der Waals surface area (Å²) in [7, 11) is 1.86. The predicted molar refractivity (Wildman–Crippen MR) is 33.9 cm³/mol. The third-order valence-corrected chi connectivity index (χ3v) is 3.24. The van der Waals surface area contributed by atoms with Gasteiger partial charge in [0.25, 0.3) is 0 Å². The van der Waals surface area contributed by atoms with Crippen molar-refractivity contribution in [3.8, 4) is 0 Å². The van der Waals surface area contributed by atoms with Crippen molar-refractivity contribution in [1.29, 1.82) is 0 Å². The van der Waals surface area contributed by atoms with Crippen molar-refractivity contribution < 1.29 is 0 Å². The second-order valence-corrected chi connectivity index (χ2v) is 5.30. The molecule has 0 bridgehead atoms. The predicted octanol–water partition coefficient (Wildman–Crippen LogP) is -1.63. The zero-order chi connectivity index (χ0) is 5.98. The summed E-state index contributed by atoms with van der Waals surface area (Å²) < 4.78 is 2.01. The van der Waals surface area contributed by atoms with Crippen molar-refractivity contribution in [2.24, 2.45) is 0 Å². The average molecular weight is 240 g/mol. The van der Waals surface area contributed by atoms with E-state index in [1.165, 1.54) is 0 Å². The van der Waals surface area contributed by atoms with Gasteiger partial charge in [0.15, 0.2) is 0 Å². The van der Waals surface area contributed by atoms with Crippen LogP contribution in [0.2, 0.25) is 0 Å². The molecule has 1 heterocycles. The molecule has 0 amide bonds. The fraction of sp³-hybridized carbons (Fsp3) is 0.333. The van der Waals surface area contributed by atoms with Crippen LogP contribution < -0.4 is 8.78 Å². The summed E-state index contributed by atoms with van der Waals surface area (Å²) >= 11 is 3.15. The Labute approximate surface area is 61.4 Å². The molecule has 1 aromatic rings. The van der Waals surface area contributed by atoms with Crippen molar-refractivity contribution >= 4 is 38.7 Å². The zero-order valence-corrected chi connectivity index (χ0v) is 7.64. The van der Waals surface area contributed by atoms with E-state index in [0.717, 1.165) is 8.16 Å². The Morgan fingerprint density at radius 2 is 2.38 bits per heavy atom. The minimum atomic E-state index is 0.328. The van der Waals surface area contributed by atoms with Gasteiger partial charge in [0.2, 0.25) is 0 Å². The van der Waals surface area contributed by atoms with Gasteiger partial charge in [0.1, 0.15) is 0 Å². The first-order valence-electron chi connectivity index (χ1n) is 2.01. The number of nitrogens with zero attached hydrogens (tertiary/aromatic N) is 2. The van der Waals surface area contributed by atoms with E-state index < -0.39 is 0 Å². The van der Waals surface area contributed by atoms with Crippen LogP contribution in [-0.4, -0.2) is 47.8 Å². The maximum atomic E-state index is 3.83. The number of nitrogens with one attached hydrogen (secondary N) is 1. The fourth-order valence-corrected chi connectivity index (χ4v) is 2.16. The summed E-state index contributed by atoms with van der Waals surface area (Å²) in [5.74, 6) is 0. The Bertz CT molecular complexity index is 173. The van der Waals surface area contributed by atoms with Crippen molar-refractivity contribution in [2.75, 3.05) is 12.4 Å². The fourth-order valence-electron chi connectivity index (χ4n) is 0.311. The van der Waals surface area contributed by atoms with Gasteiger partial charge in [-0.2, -0.15) is 0 Å². The molecule has 0 unspecified atom stereocenters. The second kappa shape index (κ2) is 2.65. The van der Waals surface area contributed by atoms with Gasteiger partial charge in [-0.15, -0.1) is 0 Å². The summed E-state index contributed by atoms with van der Waals surface area (Å²) in [6.07, 6.45) is 0. The number of hydrogen-bond donors (Lipinski definition) is 1. The van der Waals surface area contributed by atoms with Crippen LogP contribution in [0.25, 0.3) is 0 Å². The van der Waals surface area contributed by atoms with Crippen molar-refractivity contribution in [1.82, 2.24) is 10.2 Å². The summed E-state index contributed by atoms with van der Waals surface area (Å²) in [5.41, 5.74) is 0. The van der Waals surface area contributed by atoms with Crippen LogP contribution in [0.3, 0.4) is 0 Å². The third-order valence-electron chi connectivity index (χ3n) is 0.620. The standard InChI is InChI=1S/C3H4N3Se2/c1-4-2-5-6-3(7)8-2/h1H3,(H,4,5). The molecule has 0 aliphatic carbocycles. The van der Waals surface area contributed by atoms with Gasteiger partial charge >= 0.3 is 61.2 Å². The van der Waals surface area contributed by atoms with Crippen molar-refractivity contribution in [3.63, 3.8) is 0 Å². The minimum absolute atomic E-state index is 0.328. The third kappa shape index (κ3) is 1.33. The first-order chi connectivity index (χ1) is 3.83. The van der Waals surface area contributed by atoms with Crippen molar-refractivity contribution in [3.05, 3.63) is 0 Å². The van der Waals surface area contributed by atoms with E-state index in [2.05, 4.69) is 31.5 Å². The average Bonchev–Trinajstić information content (AvgIpc) is 2.14. The molecule has 0 spiro atoms. The number of anilines is 1. The van der Waals surface area contributed by atoms with Gasteiger partial charge < -0.3 is 0 Å². The maximum absolute atomic E-state index is 3.83. The Hall–Kier alpha value is 0.179. The molecular formula is C3H4N3Se2. The van der Waals surface area contributed by atoms with Gasteiger partial charge in [-0.1, -0.05) is 0 Å². The summed E-state index contributed by atoms with van der Waals surface area (Å²) in [6, 6.07) is 0. The quantitative estimate of drug-likeness (QED) is 0.599. The first kappa shape index (κ1) is 6.30. The second-order valence-electron chi connectivity index (χ2n) is 1.12. The number of hydrogen-bond acceptors (Lipinski definition) is 3. The zero-order valence-electron chi connectivity index (χ0n) is 4.21. The van der Waals surface area contributed by atoms with Gasteiger partial charge in [-0.3, -0.25) is 0 Å². The normalized spacial score (nSPS) is 9.12. The monoisotopic (exact) mass is 242 g/mol. The van der Waals surface area contributed by atoms with Gasteiger partial charge in [0, 0.05) is 0 Å². The molecule has 8 heavy (non-hydrogen) atoms. The van der Waals surface area contributed by atoms with Crippen LogP contribution in [0.1, 0.15) is 0 Å². The van der Waals surface area contributed by atoms with Crippen LogP contribution in [0.4, 0.5) is 4.69 Å². The molecule has 5 heteroatoms. The number of rotatable bonds is 1. The molecule has 43 valence electrons. The van der Waals surface area contributed by atoms with E-state index in [4.69, 9.17) is 0 Å². The molecule has 1 rings (SSSR count). The van der Waals surface area contributed by atoms with Gasteiger partial charge in [-0.25, -0.2) is 0 Å². The molecule has 1 radical (unpaired) electrons. The van der Waals surface area contributed by atoms with E-state index in [0.29, 0.717) is 14.5 Å². The Kier molecular flexibility index (Phi) is 2.08. The molecule has 1 N–H and O–H groups in total. The van der Waals surface area contributed by atoms with E-state index in [-0.39, 0.29) is 0 Å². The van der Waals surface area contributed by atoms with Gasteiger partial charge in [-0.05, 0) is 0 Å². The van der Waals surface area contributed by atoms with E-state index >= 15 is 0 Å². The molecule has 1 aromatic heterocycles. The molecule has 3 nitrogen and oxygen atoms in total. The Morgan fingerprint density at radius 1 is 1.62 bits per heavy atom. The van der Waals surface area contributed by atoms with Crippen LogP contribution >= 0.6 is 0 Å². The summed E-state index contributed by atoms with van der Waals surface area (Å²) in [5, 5.41) is 10.6. The summed E-state index contributed by atoms with van der Waals surface area (Å²) in [6.45, 7) is 0. The van der Waals surface area contributed by atoms with E-state index in [9.17, 15) is 0 Å². The molecule has 0 aromatic carbocycles. The molecule has 0 fully saturated rings. The van der Waals surface area contributed by atoms with Crippen LogP contribution in [0.15, 0.2) is 0 Å². The van der Waals surface area contributed by atoms with Crippen LogP contribution in [-0.2, 0) is 0 Å². The van der Waals surface area contributed by atoms with E-state index in [1.54, 1.807) is 0 Å². The summed E-state index contributed by atoms with van der Waals surface area (Å²) in [4.78, 5) is 0. The Morgan fingerprint density at radius 3 is 2.62 bits per heavy atom. The molecule has 0 saturated carbocycles.